The molecule has 0 heterocycles. The summed E-state index contributed by atoms with van der Waals surface area (Å²) < 4.78 is 5.50. The molecule has 0 spiro atoms. The molecule has 1 aromatic rings. The smallest absolute Gasteiger partial charge is 0.222 e. The maximum Gasteiger partial charge on any atom is 0.222 e. The molecule has 0 radical (unpaired) electrons. The quantitative estimate of drug-likeness (QED) is 0.762. The van der Waals surface area contributed by atoms with Crippen LogP contribution in [0.25, 0.3) is 0 Å². The van der Waals surface area contributed by atoms with Gasteiger partial charge in [0.1, 0.15) is 5.75 Å². The molecule has 0 saturated heterocycles. The maximum absolute atomic E-state index is 11.5. The molecule has 0 atom stereocenters. The topological polar surface area (TPSA) is 29.5 Å². The molecular formula is C13H19NO2. The van der Waals surface area contributed by atoms with Crippen LogP contribution in [0.15, 0.2) is 24.3 Å². The number of rotatable bonds is 5. The minimum atomic E-state index is 0.145. The van der Waals surface area contributed by atoms with E-state index in [4.69, 9.17) is 4.74 Å². The van der Waals surface area contributed by atoms with Crippen molar-refractivity contribution in [3.05, 3.63) is 29.8 Å². The van der Waals surface area contributed by atoms with Crippen molar-refractivity contribution in [3.8, 4) is 5.75 Å². The van der Waals surface area contributed by atoms with Crippen LogP contribution in [0, 0.1) is 0 Å². The van der Waals surface area contributed by atoms with Gasteiger partial charge >= 0.3 is 0 Å². The highest BCUT2D eigenvalue weighted by atomic mass is 16.5. The molecular weight excluding hydrogens is 202 g/mol. The van der Waals surface area contributed by atoms with Crippen molar-refractivity contribution < 1.29 is 9.53 Å². The molecule has 0 unspecified atom stereocenters. The standard InChI is InChI=1S/C13H19NO2/c1-4-16-12-8-6-5-7-11(12)9-10-13(15)14(2)3/h5-8H,4,9-10H2,1-3H3. The lowest BCUT2D eigenvalue weighted by atomic mass is 10.1. The summed E-state index contributed by atoms with van der Waals surface area (Å²) in [6, 6.07) is 7.87. The Morgan fingerprint density at radius 3 is 2.62 bits per heavy atom. The average molecular weight is 221 g/mol. The predicted octanol–water partition coefficient (Wildman–Crippen LogP) is 2.11. The van der Waals surface area contributed by atoms with Gasteiger partial charge in [-0.15, -0.1) is 0 Å². The van der Waals surface area contributed by atoms with Gasteiger partial charge in [-0.1, -0.05) is 18.2 Å². The summed E-state index contributed by atoms with van der Waals surface area (Å²) in [5, 5.41) is 0. The summed E-state index contributed by atoms with van der Waals surface area (Å²) in [6.45, 7) is 2.61. The van der Waals surface area contributed by atoms with E-state index in [2.05, 4.69) is 0 Å². The minimum absolute atomic E-state index is 0.145. The zero-order valence-corrected chi connectivity index (χ0v) is 10.2. The van der Waals surface area contributed by atoms with E-state index in [9.17, 15) is 4.79 Å². The molecule has 0 aliphatic heterocycles. The van der Waals surface area contributed by atoms with Gasteiger partial charge in [-0.3, -0.25) is 4.79 Å². The number of hydrogen-bond donors (Lipinski definition) is 0. The van der Waals surface area contributed by atoms with Crippen LogP contribution in [-0.4, -0.2) is 31.5 Å². The monoisotopic (exact) mass is 221 g/mol. The average Bonchev–Trinajstić information content (AvgIpc) is 2.27. The van der Waals surface area contributed by atoms with Crippen molar-refractivity contribution in [1.82, 2.24) is 4.90 Å². The van der Waals surface area contributed by atoms with Crippen LogP contribution in [-0.2, 0) is 11.2 Å². The van der Waals surface area contributed by atoms with Crippen LogP contribution in [0.4, 0.5) is 0 Å². The van der Waals surface area contributed by atoms with Gasteiger partial charge in [0.2, 0.25) is 5.91 Å². The van der Waals surface area contributed by atoms with Crippen molar-refractivity contribution in [2.45, 2.75) is 19.8 Å². The maximum atomic E-state index is 11.5. The fourth-order valence-electron chi connectivity index (χ4n) is 1.47. The SMILES string of the molecule is CCOc1ccccc1CCC(=O)N(C)C. The number of benzene rings is 1. The van der Waals surface area contributed by atoms with Gasteiger partial charge in [-0.25, -0.2) is 0 Å². The molecule has 16 heavy (non-hydrogen) atoms. The number of amides is 1. The fraction of sp³-hybridized carbons (Fsp3) is 0.462. The van der Waals surface area contributed by atoms with E-state index < -0.39 is 0 Å². The van der Waals surface area contributed by atoms with Crippen molar-refractivity contribution in [2.24, 2.45) is 0 Å². The van der Waals surface area contributed by atoms with Crippen molar-refractivity contribution in [1.29, 1.82) is 0 Å². The second-order valence-corrected chi connectivity index (χ2v) is 3.83. The first-order chi connectivity index (χ1) is 7.65. The van der Waals surface area contributed by atoms with Crippen molar-refractivity contribution >= 4 is 5.91 Å². The Kier molecular flexibility index (Phi) is 4.83. The molecule has 0 bridgehead atoms. The van der Waals surface area contributed by atoms with Gasteiger partial charge in [0.05, 0.1) is 6.61 Å². The number of aryl methyl sites for hydroxylation is 1. The molecule has 0 aliphatic rings. The number of carbonyl (C=O) groups is 1. The molecule has 1 rings (SSSR count). The van der Waals surface area contributed by atoms with Crippen LogP contribution < -0.4 is 4.74 Å². The van der Waals surface area contributed by atoms with Crippen LogP contribution in [0.1, 0.15) is 18.9 Å². The number of carbonyl (C=O) groups excluding carboxylic acids is 1. The molecule has 0 fully saturated rings. The molecule has 0 saturated carbocycles. The zero-order chi connectivity index (χ0) is 12.0. The fourth-order valence-corrected chi connectivity index (χ4v) is 1.47. The number of hydrogen-bond acceptors (Lipinski definition) is 2. The lowest BCUT2D eigenvalue weighted by Gasteiger charge is -2.12. The highest BCUT2D eigenvalue weighted by Gasteiger charge is 2.07. The lowest BCUT2D eigenvalue weighted by molar-refractivity contribution is -0.128. The first-order valence-corrected chi connectivity index (χ1v) is 5.56. The van der Waals surface area contributed by atoms with Crippen LogP contribution in [0.3, 0.4) is 0 Å². The van der Waals surface area contributed by atoms with Crippen LogP contribution in [0.5, 0.6) is 5.75 Å². The molecule has 0 aromatic heterocycles. The number of nitrogens with zero attached hydrogens (tertiary/aromatic N) is 1. The molecule has 0 N–H and O–H groups in total. The Morgan fingerprint density at radius 1 is 1.31 bits per heavy atom. The summed E-state index contributed by atoms with van der Waals surface area (Å²) in [4.78, 5) is 13.1. The van der Waals surface area contributed by atoms with Gasteiger partial charge in [-0.2, -0.15) is 0 Å². The lowest BCUT2D eigenvalue weighted by Crippen LogP contribution is -2.21. The third-order valence-corrected chi connectivity index (χ3v) is 2.38. The van der Waals surface area contributed by atoms with Gasteiger partial charge in [-0.05, 0) is 25.0 Å². The molecule has 3 heteroatoms. The Hall–Kier alpha value is -1.51. The minimum Gasteiger partial charge on any atom is -0.494 e. The van der Waals surface area contributed by atoms with Gasteiger partial charge in [0, 0.05) is 20.5 Å². The van der Waals surface area contributed by atoms with Crippen LogP contribution >= 0.6 is 0 Å². The van der Waals surface area contributed by atoms with E-state index in [-0.39, 0.29) is 5.91 Å². The molecule has 88 valence electrons. The van der Waals surface area contributed by atoms with Crippen molar-refractivity contribution in [2.75, 3.05) is 20.7 Å². The van der Waals surface area contributed by atoms with E-state index in [1.165, 1.54) is 0 Å². The van der Waals surface area contributed by atoms with Gasteiger partial charge in [0.25, 0.3) is 0 Å². The predicted molar refractivity (Wildman–Crippen MR) is 64.6 cm³/mol. The largest absolute Gasteiger partial charge is 0.494 e. The Morgan fingerprint density at radius 2 is 2.00 bits per heavy atom. The summed E-state index contributed by atoms with van der Waals surface area (Å²) in [5.41, 5.74) is 1.10. The summed E-state index contributed by atoms with van der Waals surface area (Å²) in [5.74, 6) is 1.03. The highest BCUT2D eigenvalue weighted by molar-refractivity contribution is 5.75. The molecule has 1 aromatic carbocycles. The number of para-hydroxylation sites is 1. The van der Waals surface area contributed by atoms with E-state index in [0.29, 0.717) is 13.0 Å². The number of ether oxygens (including phenoxy) is 1. The summed E-state index contributed by atoms with van der Waals surface area (Å²) >= 11 is 0. The Labute approximate surface area is 97.0 Å². The van der Waals surface area contributed by atoms with Crippen molar-refractivity contribution in [3.63, 3.8) is 0 Å². The summed E-state index contributed by atoms with van der Waals surface area (Å²) in [7, 11) is 3.55. The van der Waals surface area contributed by atoms with E-state index in [1.807, 2.05) is 31.2 Å². The third-order valence-electron chi connectivity index (χ3n) is 2.38. The molecule has 1 amide bonds. The first kappa shape index (κ1) is 12.6. The molecule has 0 aliphatic carbocycles. The third kappa shape index (κ3) is 3.57. The zero-order valence-electron chi connectivity index (χ0n) is 10.2. The highest BCUT2D eigenvalue weighted by Crippen LogP contribution is 2.19. The second-order valence-electron chi connectivity index (χ2n) is 3.83. The van der Waals surface area contributed by atoms with Gasteiger partial charge < -0.3 is 9.64 Å². The van der Waals surface area contributed by atoms with E-state index >= 15 is 0 Å². The van der Waals surface area contributed by atoms with Gasteiger partial charge in [0.15, 0.2) is 0 Å². The Bertz CT molecular complexity index is 348. The van der Waals surface area contributed by atoms with Crippen LogP contribution in [0.2, 0.25) is 0 Å². The second kappa shape index (κ2) is 6.16. The van der Waals surface area contributed by atoms with E-state index in [1.54, 1.807) is 19.0 Å². The first-order valence-electron chi connectivity index (χ1n) is 5.56. The normalized spacial score (nSPS) is 9.94. The summed E-state index contributed by atoms with van der Waals surface area (Å²) in [6.07, 6.45) is 1.25. The Balaban J connectivity index is 2.62. The van der Waals surface area contributed by atoms with E-state index in [0.717, 1.165) is 17.7 Å². The molecule has 3 nitrogen and oxygen atoms in total.